The second-order valence-corrected chi connectivity index (χ2v) is 9.90. The third-order valence-corrected chi connectivity index (χ3v) is 7.48. The highest BCUT2D eigenvalue weighted by atomic mass is 35.5. The van der Waals surface area contributed by atoms with Crippen molar-refractivity contribution in [2.75, 3.05) is 15.5 Å². The molecule has 1 aromatic heterocycles. The maximum Gasteiger partial charge on any atom is 0.295 e. The smallest absolute Gasteiger partial charge is 0.295 e. The van der Waals surface area contributed by atoms with Crippen molar-refractivity contribution in [1.82, 2.24) is 9.36 Å². The predicted molar refractivity (Wildman–Crippen MR) is 155 cm³/mol. The molecule has 0 unspecified atom stereocenters. The fourth-order valence-electron chi connectivity index (χ4n) is 4.42. The number of nitrogens with zero attached hydrogens (tertiary/aromatic N) is 3. The number of hydrogen-bond acceptors (Lipinski definition) is 5. The number of aromatic nitrogens is 2. The first-order valence-corrected chi connectivity index (χ1v) is 12.9. The van der Waals surface area contributed by atoms with E-state index in [2.05, 4.69) is 10.6 Å². The molecule has 0 spiro atoms. The molecular weight excluding hydrogens is 553 g/mol. The highest BCUT2D eigenvalue weighted by Gasteiger charge is 2.39. The SMILES string of the molecule is Cc1c(Cl)cccc1N1C(=O)C(Cl)=C(Nc2ccc(C(=O)Nc3c(C)n(C)n(-c4ccccc4)c3=O)cc2)C1=O. The van der Waals surface area contributed by atoms with Crippen LogP contribution in [-0.2, 0) is 16.6 Å². The molecule has 5 rings (SSSR count). The minimum absolute atomic E-state index is 0.0929. The first kappa shape index (κ1) is 27.0. The summed E-state index contributed by atoms with van der Waals surface area (Å²) in [5, 5.41) is 5.74. The molecule has 0 saturated heterocycles. The highest BCUT2D eigenvalue weighted by Crippen LogP contribution is 2.34. The molecule has 9 nitrogen and oxygen atoms in total. The molecule has 4 aromatic rings. The van der Waals surface area contributed by atoms with Crippen molar-refractivity contribution in [2.45, 2.75) is 13.8 Å². The van der Waals surface area contributed by atoms with Gasteiger partial charge in [0.25, 0.3) is 23.3 Å². The van der Waals surface area contributed by atoms with Crippen LogP contribution in [0.5, 0.6) is 0 Å². The molecule has 1 aliphatic rings. The van der Waals surface area contributed by atoms with E-state index in [0.717, 1.165) is 4.90 Å². The Morgan fingerprint density at radius 2 is 1.50 bits per heavy atom. The van der Waals surface area contributed by atoms with Crippen LogP contribution in [0.15, 0.2) is 88.3 Å². The molecule has 2 N–H and O–H groups in total. The topological polar surface area (TPSA) is 105 Å². The van der Waals surface area contributed by atoms with Gasteiger partial charge in [-0.15, -0.1) is 0 Å². The molecule has 0 atom stereocenters. The van der Waals surface area contributed by atoms with E-state index in [4.69, 9.17) is 23.2 Å². The van der Waals surface area contributed by atoms with E-state index >= 15 is 0 Å². The van der Waals surface area contributed by atoms with E-state index in [9.17, 15) is 19.2 Å². The van der Waals surface area contributed by atoms with Crippen molar-refractivity contribution >= 4 is 58.0 Å². The summed E-state index contributed by atoms with van der Waals surface area (Å²) in [7, 11) is 1.74. The predicted octanol–water partition coefficient (Wildman–Crippen LogP) is 5.13. The maximum atomic E-state index is 13.1. The first-order valence-electron chi connectivity index (χ1n) is 12.2. The average molecular weight is 576 g/mol. The molecule has 3 aromatic carbocycles. The molecule has 1 aliphatic heterocycles. The molecule has 0 radical (unpaired) electrons. The summed E-state index contributed by atoms with van der Waals surface area (Å²) in [5.74, 6) is -1.78. The largest absolute Gasteiger partial charge is 0.350 e. The zero-order valence-electron chi connectivity index (χ0n) is 21.7. The van der Waals surface area contributed by atoms with Gasteiger partial charge in [-0.05, 0) is 67.9 Å². The van der Waals surface area contributed by atoms with Crippen LogP contribution in [-0.4, -0.2) is 27.1 Å². The standard InChI is InChI=1S/C29H23Cl2N5O4/c1-16-21(30)10-7-11-22(16)35-27(38)23(31)25(28(35)39)32-19-14-12-18(13-15-19)26(37)33-24-17(2)34(3)36(29(24)40)20-8-5-4-6-9-20/h4-15,32H,1-3H3,(H,33,37). The molecule has 202 valence electrons. The van der Waals surface area contributed by atoms with Crippen molar-refractivity contribution in [3.63, 3.8) is 0 Å². The lowest BCUT2D eigenvalue weighted by molar-refractivity contribution is -0.120. The number of halogens is 2. The first-order chi connectivity index (χ1) is 19.1. The Labute approximate surface area is 239 Å². The van der Waals surface area contributed by atoms with Crippen LogP contribution in [0, 0.1) is 13.8 Å². The van der Waals surface area contributed by atoms with Gasteiger partial charge in [-0.2, -0.15) is 0 Å². The molecule has 2 heterocycles. The Bertz CT molecular complexity index is 1770. The van der Waals surface area contributed by atoms with Gasteiger partial charge in [0, 0.05) is 23.3 Å². The number of rotatable bonds is 6. The van der Waals surface area contributed by atoms with E-state index in [1.807, 2.05) is 18.2 Å². The molecule has 3 amide bonds. The molecular formula is C29H23Cl2N5O4. The number of carbonyl (C=O) groups is 3. The Morgan fingerprint density at radius 3 is 2.17 bits per heavy atom. The van der Waals surface area contributed by atoms with Crippen LogP contribution in [0.25, 0.3) is 5.69 Å². The number of anilines is 3. The Hall–Kier alpha value is -4.60. The van der Waals surface area contributed by atoms with Crippen LogP contribution in [0.1, 0.15) is 21.6 Å². The average Bonchev–Trinajstić information content (AvgIpc) is 3.29. The number of amides is 3. The molecule has 40 heavy (non-hydrogen) atoms. The second-order valence-electron chi connectivity index (χ2n) is 9.11. The summed E-state index contributed by atoms with van der Waals surface area (Å²) in [6.07, 6.45) is 0. The van der Waals surface area contributed by atoms with Gasteiger partial charge in [0.15, 0.2) is 0 Å². The molecule has 0 bridgehead atoms. The third kappa shape index (κ3) is 4.59. The second kappa shape index (κ2) is 10.5. The molecule has 0 fully saturated rings. The van der Waals surface area contributed by atoms with Crippen LogP contribution >= 0.6 is 23.2 Å². The van der Waals surface area contributed by atoms with Crippen LogP contribution in [0.2, 0.25) is 5.02 Å². The van der Waals surface area contributed by atoms with Crippen molar-refractivity contribution in [2.24, 2.45) is 7.05 Å². The zero-order valence-corrected chi connectivity index (χ0v) is 23.2. The Balaban J connectivity index is 1.34. The summed E-state index contributed by atoms with van der Waals surface area (Å²) in [5.41, 5.74) is 2.59. The van der Waals surface area contributed by atoms with Gasteiger partial charge in [-0.3, -0.25) is 23.9 Å². The quantitative estimate of drug-likeness (QED) is 0.310. The molecule has 0 aliphatic carbocycles. The third-order valence-electron chi connectivity index (χ3n) is 6.72. The fraction of sp³-hybridized carbons (Fsp3) is 0.103. The van der Waals surface area contributed by atoms with Gasteiger partial charge in [-0.25, -0.2) is 9.58 Å². The van der Waals surface area contributed by atoms with Crippen LogP contribution in [0.4, 0.5) is 17.1 Å². The Morgan fingerprint density at radius 1 is 0.825 bits per heavy atom. The number of carbonyl (C=O) groups excluding carboxylic acids is 3. The van der Waals surface area contributed by atoms with Crippen molar-refractivity contribution in [3.05, 3.63) is 116 Å². The fourth-order valence-corrected chi connectivity index (χ4v) is 4.80. The van der Waals surface area contributed by atoms with E-state index in [-0.39, 0.29) is 27.5 Å². The normalized spacial score (nSPS) is 13.3. The lowest BCUT2D eigenvalue weighted by atomic mass is 10.1. The summed E-state index contributed by atoms with van der Waals surface area (Å²) in [6, 6.07) is 20.2. The summed E-state index contributed by atoms with van der Waals surface area (Å²) in [4.78, 5) is 53.0. The summed E-state index contributed by atoms with van der Waals surface area (Å²) < 4.78 is 3.15. The van der Waals surface area contributed by atoms with Gasteiger partial charge in [-0.1, -0.05) is 47.5 Å². The number of nitrogens with one attached hydrogen (secondary N) is 2. The number of benzene rings is 3. The van der Waals surface area contributed by atoms with Gasteiger partial charge in [0.1, 0.15) is 16.4 Å². The van der Waals surface area contributed by atoms with E-state index in [1.165, 1.54) is 16.8 Å². The van der Waals surface area contributed by atoms with E-state index in [0.29, 0.717) is 33.3 Å². The monoisotopic (exact) mass is 575 g/mol. The lowest BCUT2D eigenvalue weighted by Crippen LogP contribution is -2.32. The minimum Gasteiger partial charge on any atom is -0.350 e. The number of imide groups is 1. The van der Waals surface area contributed by atoms with E-state index < -0.39 is 17.7 Å². The molecule has 11 heteroatoms. The van der Waals surface area contributed by atoms with Crippen molar-refractivity contribution in [3.8, 4) is 5.69 Å². The molecule has 0 saturated carbocycles. The van der Waals surface area contributed by atoms with Crippen LogP contribution in [0.3, 0.4) is 0 Å². The van der Waals surface area contributed by atoms with Gasteiger partial charge < -0.3 is 10.6 Å². The highest BCUT2D eigenvalue weighted by molar-refractivity contribution is 6.53. The van der Waals surface area contributed by atoms with Crippen molar-refractivity contribution < 1.29 is 14.4 Å². The van der Waals surface area contributed by atoms with Crippen molar-refractivity contribution in [1.29, 1.82) is 0 Å². The maximum absolute atomic E-state index is 13.1. The van der Waals surface area contributed by atoms with E-state index in [1.54, 1.807) is 68.0 Å². The number of para-hydroxylation sites is 1. The lowest BCUT2D eigenvalue weighted by Gasteiger charge is -2.18. The van der Waals surface area contributed by atoms with Gasteiger partial charge in [0.05, 0.1) is 17.1 Å². The van der Waals surface area contributed by atoms with Gasteiger partial charge >= 0.3 is 0 Å². The van der Waals surface area contributed by atoms with Gasteiger partial charge in [0.2, 0.25) is 0 Å². The summed E-state index contributed by atoms with van der Waals surface area (Å²) in [6.45, 7) is 3.45. The Kier molecular flexibility index (Phi) is 7.10. The number of hydrogen-bond donors (Lipinski definition) is 2. The summed E-state index contributed by atoms with van der Waals surface area (Å²) >= 11 is 12.4. The minimum atomic E-state index is -0.671. The zero-order chi connectivity index (χ0) is 28.7. The van der Waals surface area contributed by atoms with Crippen LogP contribution < -0.4 is 21.1 Å².